The van der Waals surface area contributed by atoms with E-state index in [1.807, 2.05) is 55.1 Å². The highest BCUT2D eigenvalue weighted by Gasteiger charge is 2.44. The first kappa shape index (κ1) is 22.2. The number of amides is 2. The number of likely N-dealkylation sites (tertiary alicyclic amines) is 1. The average molecular weight is 437 g/mol. The smallest absolute Gasteiger partial charge is 0.253 e. The molecule has 1 fully saturated rings. The van der Waals surface area contributed by atoms with E-state index in [0.717, 1.165) is 30.6 Å². The number of nitrogens with zero attached hydrogens (tertiary/aromatic N) is 1. The fraction of sp³-hybridized carbons (Fsp3) is 0.462. The van der Waals surface area contributed by atoms with Crippen LogP contribution in [0.25, 0.3) is 0 Å². The summed E-state index contributed by atoms with van der Waals surface area (Å²) in [5, 5.41) is 3.02. The summed E-state index contributed by atoms with van der Waals surface area (Å²) in [5.41, 5.74) is 1.40. The Balaban J connectivity index is 1.47. The number of carbonyl (C=O) groups excluding carboxylic acids is 2. The summed E-state index contributed by atoms with van der Waals surface area (Å²) in [6.45, 7) is 5.21. The molecule has 6 heteroatoms. The zero-order valence-corrected chi connectivity index (χ0v) is 19.1. The van der Waals surface area contributed by atoms with Crippen molar-refractivity contribution in [1.29, 1.82) is 0 Å². The van der Waals surface area contributed by atoms with Crippen LogP contribution >= 0.6 is 0 Å². The number of ether oxygens (including phenoxy) is 2. The van der Waals surface area contributed by atoms with Gasteiger partial charge in [-0.05, 0) is 50.1 Å². The summed E-state index contributed by atoms with van der Waals surface area (Å²) >= 11 is 0. The molecule has 2 heterocycles. The quantitative estimate of drug-likeness (QED) is 0.765. The highest BCUT2D eigenvalue weighted by atomic mass is 16.5. The van der Waals surface area contributed by atoms with Gasteiger partial charge in [-0.1, -0.05) is 24.3 Å². The Morgan fingerprint density at radius 2 is 1.91 bits per heavy atom. The maximum atomic E-state index is 13.0. The number of methoxy groups -OCH3 is 1. The number of piperidine rings is 1. The van der Waals surface area contributed by atoms with Gasteiger partial charge >= 0.3 is 0 Å². The van der Waals surface area contributed by atoms with Crippen molar-refractivity contribution in [3.63, 3.8) is 0 Å². The van der Waals surface area contributed by atoms with Gasteiger partial charge in [-0.25, -0.2) is 0 Å². The van der Waals surface area contributed by atoms with Crippen molar-refractivity contribution >= 4 is 11.8 Å². The molecule has 32 heavy (non-hydrogen) atoms. The SMILES string of the molecule is COc1cccc(C(=O)N2CCC3(CC2)C[C@H](CC(=O)NC(C)C)c2ccccc2O3)c1. The second kappa shape index (κ2) is 9.23. The summed E-state index contributed by atoms with van der Waals surface area (Å²) in [4.78, 5) is 27.5. The molecular formula is C26H32N2O4. The number of fused-ring (bicyclic) bond motifs is 1. The Hall–Kier alpha value is -3.02. The molecule has 1 atom stereocenters. The van der Waals surface area contributed by atoms with Gasteiger partial charge in [-0.15, -0.1) is 0 Å². The molecule has 1 N–H and O–H groups in total. The first-order valence-electron chi connectivity index (χ1n) is 11.4. The van der Waals surface area contributed by atoms with E-state index >= 15 is 0 Å². The summed E-state index contributed by atoms with van der Waals surface area (Å²) in [7, 11) is 1.60. The topological polar surface area (TPSA) is 67.9 Å². The van der Waals surface area contributed by atoms with Gasteiger partial charge in [0.1, 0.15) is 17.1 Å². The van der Waals surface area contributed by atoms with Gasteiger partial charge in [-0.2, -0.15) is 0 Å². The zero-order chi connectivity index (χ0) is 22.7. The first-order valence-corrected chi connectivity index (χ1v) is 11.4. The molecule has 4 rings (SSSR count). The number of rotatable bonds is 5. The predicted molar refractivity (Wildman–Crippen MR) is 123 cm³/mol. The normalized spacial score (nSPS) is 19.2. The minimum absolute atomic E-state index is 0.0165. The summed E-state index contributed by atoms with van der Waals surface area (Å²) in [5.74, 6) is 1.75. The lowest BCUT2D eigenvalue weighted by atomic mass is 9.76. The lowest BCUT2D eigenvalue weighted by molar-refractivity contribution is -0.122. The Bertz CT molecular complexity index is 979. The van der Waals surface area contributed by atoms with Crippen LogP contribution in [-0.4, -0.2) is 48.6 Å². The molecule has 1 spiro atoms. The van der Waals surface area contributed by atoms with Crippen LogP contribution in [0.2, 0.25) is 0 Å². The molecule has 0 aliphatic carbocycles. The van der Waals surface area contributed by atoms with E-state index in [9.17, 15) is 9.59 Å². The van der Waals surface area contributed by atoms with E-state index in [1.54, 1.807) is 13.2 Å². The largest absolute Gasteiger partial charge is 0.497 e. The third kappa shape index (κ3) is 4.74. The van der Waals surface area contributed by atoms with Gasteiger partial charge in [0, 0.05) is 49.9 Å². The molecule has 0 aromatic heterocycles. The Kier molecular flexibility index (Phi) is 6.40. The number of hydrogen-bond donors (Lipinski definition) is 1. The van der Waals surface area contributed by atoms with Crippen molar-refractivity contribution in [3.8, 4) is 11.5 Å². The number of carbonyl (C=O) groups is 2. The van der Waals surface area contributed by atoms with Crippen LogP contribution in [0, 0.1) is 0 Å². The van der Waals surface area contributed by atoms with E-state index in [-0.39, 0.29) is 29.4 Å². The maximum Gasteiger partial charge on any atom is 0.253 e. The molecule has 2 aliphatic heterocycles. The van der Waals surface area contributed by atoms with Crippen molar-refractivity contribution in [1.82, 2.24) is 10.2 Å². The third-order valence-electron chi connectivity index (χ3n) is 6.46. The van der Waals surface area contributed by atoms with Gasteiger partial charge < -0.3 is 19.7 Å². The summed E-state index contributed by atoms with van der Waals surface area (Å²) < 4.78 is 11.8. The number of nitrogens with one attached hydrogen (secondary N) is 1. The van der Waals surface area contributed by atoms with Crippen LogP contribution in [0.3, 0.4) is 0 Å². The van der Waals surface area contributed by atoms with Gasteiger partial charge in [0.05, 0.1) is 7.11 Å². The van der Waals surface area contributed by atoms with Gasteiger partial charge in [0.2, 0.25) is 5.91 Å². The van der Waals surface area contributed by atoms with E-state index < -0.39 is 0 Å². The van der Waals surface area contributed by atoms with Gasteiger partial charge in [0.15, 0.2) is 0 Å². The van der Waals surface area contributed by atoms with Crippen molar-refractivity contribution in [3.05, 3.63) is 59.7 Å². The summed E-state index contributed by atoms with van der Waals surface area (Å²) in [6.07, 6.45) is 2.74. The monoisotopic (exact) mass is 436 g/mol. The first-order chi connectivity index (χ1) is 15.4. The molecule has 2 aromatic rings. The molecule has 0 saturated carbocycles. The summed E-state index contributed by atoms with van der Waals surface area (Å²) in [6, 6.07) is 15.4. The van der Waals surface area contributed by atoms with E-state index in [0.29, 0.717) is 30.8 Å². The molecular weight excluding hydrogens is 404 g/mol. The highest BCUT2D eigenvalue weighted by molar-refractivity contribution is 5.94. The molecule has 0 bridgehead atoms. The van der Waals surface area contributed by atoms with Crippen LogP contribution in [0.1, 0.15) is 61.4 Å². The van der Waals surface area contributed by atoms with Crippen LogP contribution in [0.15, 0.2) is 48.5 Å². The fourth-order valence-corrected chi connectivity index (χ4v) is 4.89. The molecule has 2 amide bonds. The van der Waals surface area contributed by atoms with Crippen molar-refractivity contribution < 1.29 is 19.1 Å². The zero-order valence-electron chi connectivity index (χ0n) is 19.1. The number of hydrogen-bond acceptors (Lipinski definition) is 4. The minimum Gasteiger partial charge on any atom is -0.497 e. The second-order valence-corrected chi connectivity index (χ2v) is 9.17. The fourth-order valence-electron chi connectivity index (χ4n) is 4.89. The lowest BCUT2D eigenvalue weighted by Crippen LogP contribution is -2.52. The lowest BCUT2D eigenvalue weighted by Gasteiger charge is -2.47. The van der Waals surface area contributed by atoms with Gasteiger partial charge in [0.25, 0.3) is 5.91 Å². The maximum absolute atomic E-state index is 13.0. The van der Waals surface area contributed by atoms with Crippen LogP contribution in [0.4, 0.5) is 0 Å². The van der Waals surface area contributed by atoms with Crippen molar-refractivity contribution in [2.75, 3.05) is 20.2 Å². The predicted octanol–water partition coefficient (Wildman–Crippen LogP) is 4.15. The molecule has 2 aromatic carbocycles. The Morgan fingerprint density at radius 3 is 2.62 bits per heavy atom. The molecule has 1 saturated heterocycles. The van der Waals surface area contributed by atoms with Crippen molar-refractivity contribution in [2.24, 2.45) is 0 Å². The van der Waals surface area contributed by atoms with E-state index in [4.69, 9.17) is 9.47 Å². The highest BCUT2D eigenvalue weighted by Crippen LogP contribution is 2.46. The van der Waals surface area contributed by atoms with E-state index in [2.05, 4.69) is 11.4 Å². The molecule has 170 valence electrons. The Morgan fingerprint density at radius 1 is 1.16 bits per heavy atom. The van der Waals surface area contributed by atoms with Gasteiger partial charge in [-0.3, -0.25) is 9.59 Å². The Labute approximate surface area is 189 Å². The minimum atomic E-state index is -0.345. The molecule has 0 unspecified atom stereocenters. The van der Waals surface area contributed by atoms with Crippen molar-refractivity contribution in [2.45, 2.75) is 57.1 Å². The van der Waals surface area contributed by atoms with E-state index in [1.165, 1.54) is 0 Å². The average Bonchev–Trinajstić information content (AvgIpc) is 2.78. The molecule has 0 radical (unpaired) electrons. The number of benzene rings is 2. The third-order valence-corrected chi connectivity index (χ3v) is 6.46. The second-order valence-electron chi connectivity index (χ2n) is 9.17. The number of para-hydroxylation sites is 1. The standard InChI is InChI=1S/C26H32N2O4/c1-18(2)27-24(29)16-20-17-26(32-23-10-5-4-9-22(20)23)11-13-28(14-12-26)25(30)19-7-6-8-21(15-19)31-3/h4-10,15,18,20H,11-14,16-17H2,1-3H3,(H,27,29)/t20-/m0/s1. The van der Waals surface area contributed by atoms with Crippen LogP contribution < -0.4 is 14.8 Å². The molecule has 2 aliphatic rings. The van der Waals surface area contributed by atoms with Crippen LogP contribution in [-0.2, 0) is 4.79 Å². The molecule has 6 nitrogen and oxygen atoms in total. The van der Waals surface area contributed by atoms with Crippen LogP contribution in [0.5, 0.6) is 11.5 Å².